The Bertz CT molecular complexity index is 771. The molecule has 0 saturated heterocycles. The van der Waals surface area contributed by atoms with Gasteiger partial charge in [-0.15, -0.1) is 0 Å². The number of nitrogens with zero attached hydrogens (tertiary/aromatic N) is 1. The van der Waals surface area contributed by atoms with Gasteiger partial charge in [0.05, 0.1) is 18.2 Å². The summed E-state index contributed by atoms with van der Waals surface area (Å²) in [7, 11) is 1.73. The van der Waals surface area contributed by atoms with Gasteiger partial charge in [0.25, 0.3) is 0 Å². The molecule has 0 spiro atoms. The molecule has 6 heteroatoms. The van der Waals surface area contributed by atoms with E-state index in [-0.39, 0.29) is 18.2 Å². The zero-order valence-electron chi connectivity index (χ0n) is 17.0. The lowest BCUT2D eigenvalue weighted by molar-refractivity contribution is -0.132. The normalized spacial score (nSPS) is 18.8. The summed E-state index contributed by atoms with van der Waals surface area (Å²) in [5.41, 5.74) is 2.42. The highest BCUT2D eigenvalue weighted by Gasteiger charge is 2.33. The molecule has 0 aromatic heterocycles. The van der Waals surface area contributed by atoms with Gasteiger partial charge in [-0.25, -0.2) is 9.59 Å². The third-order valence-corrected chi connectivity index (χ3v) is 5.15. The highest BCUT2D eigenvalue weighted by atomic mass is 16.6. The van der Waals surface area contributed by atoms with Crippen LogP contribution in [0, 0.1) is 5.92 Å². The number of carboxylic acid groups (broad SMARTS) is 1. The Kier molecular flexibility index (Phi) is 5.79. The number of rotatable bonds is 5. The first-order chi connectivity index (χ1) is 13.2. The molecule has 0 bridgehead atoms. The topological polar surface area (TPSA) is 76.1 Å². The molecule has 6 nitrogen and oxygen atoms in total. The minimum Gasteiger partial charge on any atom is -0.478 e. The Balaban J connectivity index is 1.80. The molecule has 1 aliphatic heterocycles. The lowest BCUT2D eigenvalue weighted by Gasteiger charge is -2.31. The maximum atomic E-state index is 12.3. The quantitative estimate of drug-likeness (QED) is 0.817. The van der Waals surface area contributed by atoms with E-state index in [2.05, 4.69) is 0 Å². The van der Waals surface area contributed by atoms with Gasteiger partial charge >= 0.3 is 12.1 Å². The first-order valence-corrected chi connectivity index (χ1v) is 9.76. The summed E-state index contributed by atoms with van der Waals surface area (Å²) in [6.07, 6.45) is 2.49. The number of methoxy groups -OCH3 is 1. The van der Waals surface area contributed by atoms with Crippen molar-refractivity contribution in [3.05, 3.63) is 41.0 Å². The number of hydrogen-bond acceptors (Lipinski definition) is 4. The Morgan fingerprint density at radius 1 is 1.18 bits per heavy atom. The molecule has 28 heavy (non-hydrogen) atoms. The maximum Gasteiger partial charge on any atom is 0.410 e. The molecule has 1 saturated carbocycles. The first-order valence-electron chi connectivity index (χ1n) is 9.76. The lowest BCUT2D eigenvalue weighted by atomic mass is 9.92. The number of hydrogen-bond donors (Lipinski definition) is 1. The van der Waals surface area contributed by atoms with Crippen LogP contribution in [0.5, 0.6) is 0 Å². The molecule has 1 unspecified atom stereocenters. The predicted molar refractivity (Wildman–Crippen MR) is 106 cm³/mol. The largest absolute Gasteiger partial charge is 0.478 e. The number of aliphatic carboxylic acids is 1. The molecule has 1 aliphatic carbocycles. The second kappa shape index (κ2) is 7.95. The molecule has 0 radical (unpaired) electrons. The third kappa shape index (κ3) is 4.73. The number of benzene rings is 1. The highest BCUT2D eigenvalue weighted by Crippen LogP contribution is 2.43. The van der Waals surface area contributed by atoms with Crippen molar-refractivity contribution in [3.63, 3.8) is 0 Å². The Hall–Kier alpha value is -2.34. The molecule has 1 aromatic carbocycles. The van der Waals surface area contributed by atoms with Crippen LogP contribution in [0.2, 0.25) is 0 Å². The van der Waals surface area contributed by atoms with E-state index in [4.69, 9.17) is 9.47 Å². The molecule has 1 aromatic rings. The van der Waals surface area contributed by atoms with Gasteiger partial charge in [-0.2, -0.15) is 0 Å². The first kappa shape index (κ1) is 20.4. The molecule has 3 rings (SSSR count). The van der Waals surface area contributed by atoms with Crippen molar-refractivity contribution >= 4 is 17.6 Å². The molecule has 2 aliphatic rings. The van der Waals surface area contributed by atoms with E-state index in [0.717, 1.165) is 16.7 Å². The van der Waals surface area contributed by atoms with Gasteiger partial charge < -0.3 is 19.5 Å². The van der Waals surface area contributed by atoms with Gasteiger partial charge in [-0.3, -0.25) is 0 Å². The average molecular weight is 387 g/mol. The predicted octanol–water partition coefficient (Wildman–Crippen LogP) is 4.26. The van der Waals surface area contributed by atoms with Gasteiger partial charge in [0.15, 0.2) is 0 Å². The van der Waals surface area contributed by atoms with Crippen LogP contribution in [0.15, 0.2) is 29.8 Å². The van der Waals surface area contributed by atoms with Gasteiger partial charge in [0.2, 0.25) is 0 Å². The molecule has 1 N–H and O–H groups in total. The molecule has 1 heterocycles. The number of amides is 1. The van der Waals surface area contributed by atoms with Crippen LogP contribution in [0.4, 0.5) is 4.79 Å². The van der Waals surface area contributed by atoms with E-state index in [1.54, 1.807) is 27.9 Å². The zero-order chi connectivity index (χ0) is 20.5. The van der Waals surface area contributed by atoms with Crippen LogP contribution in [0.25, 0.3) is 5.57 Å². The molecule has 1 fully saturated rings. The molecular weight excluding hydrogens is 358 g/mol. The minimum absolute atomic E-state index is 0.0457. The fraction of sp³-hybridized carbons (Fsp3) is 0.545. The summed E-state index contributed by atoms with van der Waals surface area (Å²) in [5.74, 6) is -0.415. The lowest BCUT2D eigenvalue weighted by Crippen LogP contribution is -2.41. The van der Waals surface area contributed by atoms with Crippen molar-refractivity contribution < 1.29 is 24.2 Å². The van der Waals surface area contributed by atoms with Crippen LogP contribution < -0.4 is 0 Å². The van der Waals surface area contributed by atoms with E-state index in [1.165, 1.54) is 17.7 Å². The third-order valence-electron chi connectivity index (χ3n) is 5.15. The van der Waals surface area contributed by atoms with Gasteiger partial charge in [-0.1, -0.05) is 24.3 Å². The van der Waals surface area contributed by atoms with Crippen LogP contribution >= 0.6 is 0 Å². The number of carbonyl (C=O) groups excluding carboxylic acids is 1. The standard InChI is InChI=1S/C22H29NO5/c1-22(2,3)28-21(26)23-12-11-17(18(13-23)20(24)25)14-5-7-15(8-6-14)19(27-4)16-9-10-16/h5-8,16,19H,9-13H2,1-4H3,(H,24,25). The molecule has 1 amide bonds. The van der Waals surface area contributed by atoms with Crippen LogP contribution in [-0.2, 0) is 14.3 Å². The van der Waals surface area contributed by atoms with Crippen molar-refractivity contribution in [1.82, 2.24) is 4.90 Å². The van der Waals surface area contributed by atoms with E-state index < -0.39 is 17.7 Å². The van der Waals surface area contributed by atoms with Gasteiger partial charge in [-0.05, 0) is 62.7 Å². The fourth-order valence-electron chi connectivity index (χ4n) is 3.63. The minimum atomic E-state index is -1.000. The number of carbonyl (C=O) groups is 2. The van der Waals surface area contributed by atoms with E-state index in [9.17, 15) is 14.7 Å². The summed E-state index contributed by atoms with van der Waals surface area (Å²) in [6.45, 7) is 5.87. The zero-order valence-corrected chi connectivity index (χ0v) is 17.0. The van der Waals surface area contributed by atoms with Gasteiger partial charge in [0, 0.05) is 13.7 Å². The number of ether oxygens (including phenoxy) is 2. The Morgan fingerprint density at radius 3 is 2.32 bits per heavy atom. The van der Waals surface area contributed by atoms with Crippen LogP contribution in [0.1, 0.15) is 57.3 Å². The Morgan fingerprint density at radius 2 is 1.82 bits per heavy atom. The van der Waals surface area contributed by atoms with Crippen molar-refractivity contribution in [2.24, 2.45) is 5.92 Å². The molecular formula is C22H29NO5. The highest BCUT2D eigenvalue weighted by molar-refractivity contribution is 5.98. The van der Waals surface area contributed by atoms with Crippen LogP contribution in [-0.4, -0.2) is 47.9 Å². The smallest absolute Gasteiger partial charge is 0.410 e. The van der Waals surface area contributed by atoms with E-state index in [0.29, 0.717) is 18.9 Å². The van der Waals surface area contributed by atoms with Crippen molar-refractivity contribution in [2.45, 2.75) is 51.7 Å². The van der Waals surface area contributed by atoms with Crippen molar-refractivity contribution in [3.8, 4) is 0 Å². The second-order valence-corrected chi connectivity index (χ2v) is 8.53. The molecule has 152 valence electrons. The van der Waals surface area contributed by atoms with Crippen LogP contribution in [0.3, 0.4) is 0 Å². The summed E-state index contributed by atoms with van der Waals surface area (Å²) >= 11 is 0. The van der Waals surface area contributed by atoms with E-state index in [1.807, 2.05) is 24.3 Å². The van der Waals surface area contributed by atoms with Crippen molar-refractivity contribution in [1.29, 1.82) is 0 Å². The van der Waals surface area contributed by atoms with Crippen molar-refractivity contribution in [2.75, 3.05) is 20.2 Å². The second-order valence-electron chi connectivity index (χ2n) is 8.53. The fourth-order valence-corrected chi connectivity index (χ4v) is 3.63. The SMILES string of the molecule is COC(c1ccc(C2=C(C(=O)O)CN(C(=O)OC(C)(C)C)CC2)cc1)C1CC1. The number of carboxylic acids is 1. The summed E-state index contributed by atoms with van der Waals surface area (Å²) in [5, 5.41) is 9.71. The average Bonchev–Trinajstić information content (AvgIpc) is 3.46. The monoisotopic (exact) mass is 387 g/mol. The molecule has 1 atom stereocenters. The Labute approximate surface area is 166 Å². The summed E-state index contributed by atoms with van der Waals surface area (Å²) in [4.78, 5) is 25.6. The summed E-state index contributed by atoms with van der Waals surface area (Å²) in [6, 6.07) is 7.97. The van der Waals surface area contributed by atoms with E-state index >= 15 is 0 Å². The van der Waals surface area contributed by atoms with Gasteiger partial charge in [0.1, 0.15) is 5.60 Å². The maximum absolute atomic E-state index is 12.3. The summed E-state index contributed by atoms with van der Waals surface area (Å²) < 4.78 is 11.0.